The Kier molecular flexibility index (Phi) is 3.16. The lowest BCUT2D eigenvalue weighted by Crippen LogP contribution is -2.13. The normalized spacial score (nSPS) is 23.1. The molecule has 2 aromatic rings. The number of nitrogens with two attached hydrogens (primary N) is 1. The first-order chi connectivity index (χ1) is 9.16. The Morgan fingerprint density at radius 1 is 1.00 bits per heavy atom. The average Bonchev–Trinajstić information content (AvgIpc) is 3.22. The second kappa shape index (κ2) is 4.82. The van der Waals surface area contributed by atoms with Crippen LogP contribution in [0.2, 0.25) is 0 Å². The van der Waals surface area contributed by atoms with Crippen molar-refractivity contribution in [3.05, 3.63) is 70.8 Å². The second-order valence-corrected chi connectivity index (χ2v) is 5.79. The topological polar surface area (TPSA) is 26.0 Å². The smallest absolute Gasteiger partial charge is 0.0329 e. The molecule has 3 atom stereocenters. The minimum Gasteiger partial charge on any atom is -0.324 e. The van der Waals surface area contributed by atoms with Crippen LogP contribution in [-0.4, -0.2) is 0 Å². The number of aryl methyl sites for hydroxylation is 2. The maximum absolute atomic E-state index is 6.45. The number of rotatable bonds is 3. The van der Waals surface area contributed by atoms with Gasteiger partial charge < -0.3 is 5.73 Å². The lowest BCUT2D eigenvalue weighted by molar-refractivity contribution is 0.615. The highest BCUT2D eigenvalue weighted by Crippen LogP contribution is 2.53. The summed E-state index contributed by atoms with van der Waals surface area (Å²) in [6.45, 7) is 4.31. The van der Waals surface area contributed by atoms with E-state index in [9.17, 15) is 0 Å². The summed E-state index contributed by atoms with van der Waals surface area (Å²) in [7, 11) is 0. The molecular formula is C18H21N. The van der Waals surface area contributed by atoms with Gasteiger partial charge in [0.2, 0.25) is 0 Å². The van der Waals surface area contributed by atoms with Crippen molar-refractivity contribution in [3.63, 3.8) is 0 Å². The van der Waals surface area contributed by atoms with Gasteiger partial charge in [-0.15, -0.1) is 0 Å². The Balaban J connectivity index is 1.76. The highest BCUT2D eigenvalue weighted by Gasteiger charge is 2.42. The predicted molar refractivity (Wildman–Crippen MR) is 80.1 cm³/mol. The third-order valence-electron chi connectivity index (χ3n) is 4.44. The van der Waals surface area contributed by atoms with E-state index >= 15 is 0 Å². The summed E-state index contributed by atoms with van der Waals surface area (Å²) in [5.74, 6) is 1.25. The van der Waals surface area contributed by atoms with E-state index < -0.39 is 0 Å². The first-order valence-corrected chi connectivity index (χ1v) is 7.04. The fraction of sp³-hybridized carbons (Fsp3) is 0.333. The minimum atomic E-state index is 0.171. The highest BCUT2D eigenvalue weighted by atomic mass is 14.7. The van der Waals surface area contributed by atoms with Gasteiger partial charge in [0.25, 0.3) is 0 Å². The summed E-state index contributed by atoms with van der Waals surface area (Å²) in [6, 6.07) is 17.5. The van der Waals surface area contributed by atoms with Crippen LogP contribution in [-0.2, 0) is 0 Å². The molecule has 0 bridgehead atoms. The maximum Gasteiger partial charge on any atom is 0.0329 e. The quantitative estimate of drug-likeness (QED) is 0.873. The molecule has 1 aliphatic rings. The minimum absolute atomic E-state index is 0.171. The molecule has 0 aromatic heterocycles. The standard InChI is InChI=1S/C18H21N/c1-12-8-9-15(10-13(12)2)18(19)17-11-16(17)14-6-4-3-5-7-14/h3-10,16-18H,11,19H2,1-2H3. The summed E-state index contributed by atoms with van der Waals surface area (Å²) in [5, 5.41) is 0. The Hall–Kier alpha value is -1.60. The molecule has 2 N–H and O–H groups in total. The van der Waals surface area contributed by atoms with Crippen LogP contribution in [0.25, 0.3) is 0 Å². The molecule has 1 nitrogen and oxygen atoms in total. The van der Waals surface area contributed by atoms with Gasteiger partial charge in [-0.2, -0.15) is 0 Å². The molecule has 0 aliphatic heterocycles. The van der Waals surface area contributed by atoms with Gasteiger partial charge >= 0.3 is 0 Å². The molecule has 1 saturated carbocycles. The fourth-order valence-corrected chi connectivity index (χ4v) is 2.91. The molecule has 0 amide bonds. The summed E-state index contributed by atoms with van der Waals surface area (Å²) >= 11 is 0. The van der Waals surface area contributed by atoms with E-state index in [1.807, 2.05) is 0 Å². The van der Waals surface area contributed by atoms with Gasteiger partial charge in [0.1, 0.15) is 0 Å². The van der Waals surface area contributed by atoms with Gasteiger partial charge in [-0.05, 0) is 54.4 Å². The van der Waals surface area contributed by atoms with Crippen LogP contribution in [0, 0.1) is 19.8 Å². The van der Waals surface area contributed by atoms with Crippen molar-refractivity contribution in [2.75, 3.05) is 0 Å². The summed E-state index contributed by atoms with van der Waals surface area (Å²) < 4.78 is 0. The van der Waals surface area contributed by atoms with E-state index in [-0.39, 0.29) is 6.04 Å². The van der Waals surface area contributed by atoms with Crippen molar-refractivity contribution in [3.8, 4) is 0 Å². The van der Waals surface area contributed by atoms with Gasteiger partial charge in [0, 0.05) is 6.04 Å². The number of benzene rings is 2. The molecule has 1 fully saturated rings. The van der Waals surface area contributed by atoms with Crippen molar-refractivity contribution < 1.29 is 0 Å². The van der Waals surface area contributed by atoms with Gasteiger partial charge in [-0.3, -0.25) is 0 Å². The average molecular weight is 251 g/mol. The zero-order valence-electron chi connectivity index (χ0n) is 11.6. The summed E-state index contributed by atoms with van der Waals surface area (Å²) in [5.41, 5.74) is 11.8. The molecule has 3 rings (SSSR count). The Labute approximate surface area is 115 Å². The van der Waals surface area contributed by atoms with Gasteiger partial charge in [-0.1, -0.05) is 48.5 Å². The first-order valence-electron chi connectivity index (χ1n) is 7.04. The summed E-state index contributed by atoms with van der Waals surface area (Å²) in [4.78, 5) is 0. The molecule has 2 aromatic carbocycles. The molecule has 1 aliphatic carbocycles. The zero-order valence-corrected chi connectivity index (χ0v) is 11.6. The summed E-state index contributed by atoms with van der Waals surface area (Å²) in [6.07, 6.45) is 1.22. The first kappa shape index (κ1) is 12.4. The van der Waals surface area contributed by atoms with Crippen LogP contribution >= 0.6 is 0 Å². The predicted octanol–water partition coefficient (Wildman–Crippen LogP) is 4.11. The molecule has 0 heterocycles. The second-order valence-electron chi connectivity index (χ2n) is 5.79. The largest absolute Gasteiger partial charge is 0.324 e. The maximum atomic E-state index is 6.45. The number of hydrogen-bond donors (Lipinski definition) is 1. The van der Waals surface area contributed by atoms with Crippen molar-refractivity contribution in [2.45, 2.75) is 32.2 Å². The fourth-order valence-electron chi connectivity index (χ4n) is 2.91. The lowest BCUT2D eigenvalue weighted by Gasteiger charge is -2.14. The van der Waals surface area contributed by atoms with Gasteiger partial charge in [-0.25, -0.2) is 0 Å². The third-order valence-corrected chi connectivity index (χ3v) is 4.44. The van der Waals surface area contributed by atoms with Crippen molar-refractivity contribution in [2.24, 2.45) is 11.7 Å². The van der Waals surface area contributed by atoms with Crippen LogP contribution in [0.1, 0.15) is 40.6 Å². The number of hydrogen-bond acceptors (Lipinski definition) is 1. The van der Waals surface area contributed by atoms with E-state index in [1.165, 1.54) is 28.7 Å². The van der Waals surface area contributed by atoms with Crippen molar-refractivity contribution in [1.82, 2.24) is 0 Å². The van der Waals surface area contributed by atoms with Crippen LogP contribution in [0.4, 0.5) is 0 Å². The lowest BCUT2D eigenvalue weighted by atomic mass is 9.96. The monoisotopic (exact) mass is 251 g/mol. The van der Waals surface area contributed by atoms with E-state index in [0.29, 0.717) is 11.8 Å². The van der Waals surface area contributed by atoms with Gasteiger partial charge in [0.15, 0.2) is 0 Å². The van der Waals surface area contributed by atoms with E-state index in [4.69, 9.17) is 5.73 Å². The Morgan fingerprint density at radius 3 is 2.42 bits per heavy atom. The molecule has 0 radical (unpaired) electrons. The molecule has 0 saturated heterocycles. The van der Waals surface area contributed by atoms with Crippen molar-refractivity contribution in [1.29, 1.82) is 0 Å². The molecule has 1 heteroatoms. The van der Waals surface area contributed by atoms with Crippen LogP contribution in [0.15, 0.2) is 48.5 Å². The van der Waals surface area contributed by atoms with Crippen LogP contribution in [0.3, 0.4) is 0 Å². The molecular weight excluding hydrogens is 230 g/mol. The molecule has 19 heavy (non-hydrogen) atoms. The Bertz CT molecular complexity index is 573. The van der Waals surface area contributed by atoms with Crippen LogP contribution in [0.5, 0.6) is 0 Å². The van der Waals surface area contributed by atoms with Crippen molar-refractivity contribution >= 4 is 0 Å². The zero-order chi connectivity index (χ0) is 13.4. The van der Waals surface area contributed by atoms with Crippen LogP contribution < -0.4 is 5.73 Å². The van der Waals surface area contributed by atoms with E-state index in [2.05, 4.69) is 62.4 Å². The van der Waals surface area contributed by atoms with Gasteiger partial charge in [0.05, 0.1) is 0 Å². The third kappa shape index (κ3) is 2.43. The van der Waals surface area contributed by atoms with E-state index in [1.54, 1.807) is 0 Å². The molecule has 0 spiro atoms. The Morgan fingerprint density at radius 2 is 1.74 bits per heavy atom. The molecule has 3 unspecified atom stereocenters. The van der Waals surface area contributed by atoms with E-state index in [0.717, 1.165) is 0 Å². The SMILES string of the molecule is Cc1ccc(C(N)C2CC2c2ccccc2)cc1C. The highest BCUT2D eigenvalue weighted by molar-refractivity contribution is 5.35. The molecule has 98 valence electrons.